The van der Waals surface area contributed by atoms with Gasteiger partial charge in [0.1, 0.15) is 12.1 Å². The van der Waals surface area contributed by atoms with Crippen LogP contribution >= 0.6 is 0 Å². The van der Waals surface area contributed by atoms with Gasteiger partial charge in [-0.1, -0.05) is 30.3 Å². The van der Waals surface area contributed by atoms with Gasteiger partial charge in [0, 0.05) is 23.6 Å². The van der Waals surface area contributed by atoms with E-state index >= 15 is 0 Å². The van der Waals surface area contributed by atoms with Crippen LogP contribution in [0.5, 0.6) is 11.5 Å². The SMILES string of the molecule is c1cc(CNCCc2c[nH]c3ccccc23)cc(Oc2cncnc2)c1. The van der Waals surface area contributed by atoms with Crippen LogP contribution in [0.15, 0.2) is 73.4 Å². The lowest BCUT2D eigenvalue weighted by Gasteiger charge is -2.08. The Kier molecular flexibility index (Phi) is 4.89. The number of aromatic nitrogens is 3. The van der Waals surface area contributed by atoms with Crippen LogP contribution in [0, 0.1) is 0 Å². The Morgan fingerprint density at radius 1 is 0.962 bits per heavy atom. The van der Waals surface area contributed by atoms with Crippen molar-refractivity contribution in [2.75, 3.05) is 6.54 Å². The highest BCUT2D eigenvalue weighted by Gasteiger charge is 2.03. The molecule has 0 atom stereocenters. The highest BCUT2D eigenvalue weighted by Crippen LogP contribution is 2.21. The Hall–Kier alpha value is -3.18. The molecule has 130 valence electrons. The zero-order chi connectivity index (χ0) is 17.6. The first-order valence-electron chi connectivity index (χ1n) is 8.66. The maximum Gasteiger partial charge on any atom is 0.163 e. The standard InChI is InChI=1S/C21H20N4O/c1-2-7-21-20(6-1)17(12-25-21)8-9-22-11-16-4-3-5-18(10-16)26-19-13-23-15-24-14-19/h1-7,10,12-15,22,25H,8-9,11H2. The van der Waals surface area contributed by atoms with Crippen molar-refractivity contribution in [2.24, 2.45) is 0 Å². The number of para-hydroxylation sites is 1. The van der Waals surface area contributed by atoms with Gasteiger partial charge in [-0.15, -0.1) is 0 Å². The summed E-state index contributed by atoms with van der Waals surface area (Å²) in [5.74, 6) is 1.42. The van der Waals surface area contributed by atoms with E-state index in [-0.39, 0.29) is 0 Å². The van der Waals surface area contributed by atoms with E-state index in [1.807, 2.05) is 18.2 Å². The molecule has 0 saturated heterocycles. The van der Waals surface area contributed by atoms with Gasteiger partial charge in [-0.25, -0.2) is 9.97 Å². The van der Waals surface area contributed by atoms with Crippen molar-refractivity contribution in [1.29, 1.82) is 0 Å². The fraction of sp³-hybridized carbons (Fsp3) is 0.143. The topological polar surface area (TPSA) is 62.8 Å². The number of hydrogen-bond donors (Lipinski definition) is 2. The number of ether oxygens (including phenoxy) is 1. The quantitative estimate of drug-likeness (QED) is 0.496. The average Bonchev–Trinajstić information content (AvgIpc) is 3.10. The molecule has 2 heterocycles. The molecule has 4 aromatic rings. The van der Waals surface area contributed by atoms with E-state index < -0.39 is 0 Å². The predicted molar refractivity (Wildman–Crippen MR) is 102 cm³/mol. The normalized spacial score (nSPS) is 10.9. The minimum absolute atomic E-state index is 0.636. The third-order valence-corrected chi connectivity index (χ3v) is 4.25. The largest absolute Gasteiger partial charge is 0.454 e. The van der Waals surface area contributed by atoms with Gasteiger partial charge in [0.25, 0.3) is 0 Å². The van der Waals surface area contributed by atoms with Gasteiger partial charge >= 0.3 is 0 Å². The second kappa shape index (κ2) is 7.80. The lowest BCUT2D eigenvalue weighted by Crippen LogP contribution is -2.16. The van der Waals surface area contributed by atoms with E-state index in [9.17, 15) is 0 Å². The summed E-state index contributed by atoms with van der Waals surface area (Å²) in [6.45, 7) is 1.71. The van der Waals surface area contributed by atoms with Crippen LogP contribution in [0.2, 0.25) is 0 Å². The Labute approximate surface area is 152 Å². The zero-order valence-electron chi connectivity index (χ0n) is 14.4. The Bertz CT molecular complexity index is 981. The molecule has 0 aliphatic rings. The van der Waals surface area contributed by atoms with E-state index in [2.05, 4.69) is 56.8 Å². The van der Waals surface area contributed by atoms with Crippen molar-refractivity contribution in [2.45, 2.75) is 13.0 Å². The van der Waals surface area contributed by atoms with Crippen molar-refractivity contribution in [3.8, 4) is 11.5 Å². The lowest BCUT2D eigenvalue weighted by atomic mass is 10.1. The Morgan fingerprint density at radius 2 is 1.85 bits per heavy atom. The number of benzene rings is 2. The first-order chi connectivity index (χ1) is 12.9. The predicted octanol–water partition coefficient (Wildman–Crippen LogP) is 4.08. The molecule has 0 fully saturated rings. The maximum atomic E-state index is 5.78. The van der Waals surface area contributed by atoms with Crippen LogP contribution in [0.4, 0.5) is 0 Å². The van der Waals surface area contributed by atoms with Crippen molar-refractivity contribution in [3.63, 3.8) is 0 Å². The number of H-pyrrole nitrogens is 1. The highest BCUT2D eigenvalue weighted by molar-refractivity contribution is 5.83. The minimum Gasteiger partial charge on any atom is -0.454 e. The van der Waals surface area contributed by atoms with Crippen LogP contribution in [0.3, 0.4) is 0 Å². The van der Waals surface area contributed by atoms with Gasteiger partial charge in [-0.3, -0.25) is 0 Å². The van der Waals surface area contributed by atoms with E-state index in [1.165, 1.54) is 28.4 Å². The third-order valence-electron chi connectivity index (χ3n) is 4.25. The minimum atomic E-state index is 0.636. The monoisotopic (exact) mass is 344 g/mol. The molecule has 2 N–H and O–H groups in total. The smallest absolute Gasteiger partial charge is 0.163 e. The summed E-state index contributed by atoms with van der Waals surface area (Å²) < 4.78 is 5.78. The zero-order valence-corrected chi connectivity index (χ0v) is 14.4. The molecule has 0 bridgehead atoms. The van der Waals surface area contributed by atoms with Crippen molar-refractivity contribution in [3.05, 3.63) is 84.6 Å². The Morgan fingerprint density at radius 3 is 2.77 bits per heavy atom. The molecule has 0 spiro atoms. The van der Waals surface area contributed by atoms with Crippen LogP contribution in [0.1, 0.15) is 11.1 Å². The van der Waals surface area contributed by atoms with Gasteiger partial charge in [-0.05, 0) is 42.3 Å². The summed E-state index contributed by atoms with van der Waals surface area (Å²) in [6, 6.07) is 16.5. The summed E-state index contributed by atoms with van der Waals surface area (Å²) in [6.07, 6.45) is 7.88. The number of nitrogens with one attached hydrogen (secondary N) is 2. The number of aromatic amines is 1. The summed E-state index contributed by atoms with van der Waals surface area (Å²) in [7, 11) is 0. The van der Waals surface area contributed by atoms with Gasteiger partial charge in [0.2, 0.25) is 0 Å². The van der Waals surface area contributed by atoms with Crippen molar-refractivity contribution in [1.82, 2.24) is 20.3 Å². The fourth-order valence-electron chi connectivity index (χ4n) is 2.99. The number of rotatable bonds is 7. The van der Waals surface area contributed by atoms with Crippen LogP contribution in [-0.4, -0.2) is 21.5 Å². The molecule has 2 aromatic heterocycles. The maximum absolute atomic E-state index is 5.78. The van der Waals surface area contributed by atoms with Crippen molar-refractivity contribution < 1.29 is 4.74 Å². The molecule has 0 unspecified atom stereocenters. The fourth-order valence-corrected chi connectivity index (χ4v) is 2.99. The van der Waals surface area contributed by atoms with E-state index in [0.29, 0.717) is 5.75 Å². The van der Waals surface area contributed by atoms with Gasteiger partial charge in [0.15, 0.2) is 5.75 Å². The molecule has 5 nitrogen and oxygen atoms in total. The van der Waals surface area contributed by atoms with E-state index in [0.717, 1.165) is 25.3 Å². The first kappa shape index (κ1) is 16.3. The summed E-state index contributed by atoms with van der Waals surface area (Å²) in [5, 5.41) is 4.80. The second-order valence-electron chi connectivity index (χ2n) is 6.11. The number of hydrogen-bond acceptors (Lipinski definition) is 4. The van der Waals surface area contributed by atoms with Gasteiger partial charge in [0.05, 0.1) is 12.4 Å². The Balaban J connectivity index is 1.31. The first-order valence-corrected chi connectivity index (χ1v) is 8.66. The third kappa shape index (κ3) is 3.90. The molecule has 0 saturated carbocycles. The summed E-state index contributed by atoms with van der Waals surface area (Å²) in [5.41, 5.74) is 3.71. The molecule has 0 aliphatic carbocycles. The molecular formula is C21H20N4O. The summed E-state index contributed by atoms with van der Waals surface area (Å²) >= 11 is 0. The van der Waals surface area contributed by atoms with Crippen LogP contribution in [0.25, 0.3) is 10.9 Å². The number of nitrogens with zero attached hydrogens (tertiary/aromatic N) is 2. The highest BCUT2D eigenvalue weighted by atomic mass is 16.5. The molecule has 26 heavy (non-hydrogen) atoms. The summed E-state index contributed by atoms with van der Waals surface area (Å²) in [4.78, 5) is 11.2. The molecule has 4 rings (SSSR count). The number of fused-ring (bicyclic) bond motifs is 1. The van der Waals surface area contributed by atoms with Gasteiger partial charge < -0.3 is 15.0 Å². The molecule has 5 heteroatoms. The second-order valence-corrected chi connectivity index (χ2v) is 6.11. The molecule has 0 radical (unpaired) electrons. The lowest BCUT2D eigenvalue weighted by molar-refractivity contribution is 0.476. The van der Waals surface area contributed by atoms with Crippen LogP contribution < -0.4 is 10.1 Å². The molecular weight excluding hydrogens is 324 g/mol. The average molecular weight is 344 g/mol. The van der Waals surface area contributed by atoms with E-state index in [1.54, 1.807) is 12.4 Å². The van der Waals surface area contributed by atoms with Crippen molar-refractivity contribution >= 4 is 10.9 Å². The molecule has 2 aromatic carbocycles. The van der Waals surface area contributed by atoms with E-state index in [4.69, 9.17) is 4.74 Å². The molecule has 0 amide bonds. The van der Waals surface area contributed by atoms with Gasteiger partial charge in [-0.2, -0.15) is 0 Å². The van der Waals surface area contributed by atoms with Crippen LogP contribution in [-0.2, 0) is 13.0 Å². The molecule has 0 aliphatic heterocycles.